The van der Waals surface area contributed by atoms with Gasteiger partial charge in [0.15, 0.2) is 0 Å². The van der Waals surface area contributed by atoms with Gasteiger partial charge in [0.2, 0.25) is 0 Å². The van der Waals surface area contributed by atoms with Crippen LogP contribution in [0.25, 0.3) is 0 Å². The predicted octanol–water partition coefficient (Wildman–Crippen LogP) is 1.33. The Balaban J connectivity index is 1.55. The van der Waals surface area contributed by atoms with E-state index in [1.807, 2.05) is 30.3 Å². The molecular weight excluding hydrogens is 242 g/mol. The highest BCUT2D eigenvalue weighted by atomic mass is 16.5. The van der Waals surface area contributed by atoms with Gasteiger partial charge in [0.1, 0.15) is 6.10 Å². The summed E-state index contributed by atoms with van der Waals surface area (Å²) in [7, 11) is 0. The van der Waals surface area contributed by atoms with E-state index in [0.717, 1.165) is 31.5 Å². The highest BCUT2D eigenvalue weighted by Crippen LogP contribution is 2.07. The van der Waals surface area contributed by atoms with Gasteiger partial charge in [-0.2, -0.15) is 0 Å². The molecule has 2 rings (SSSR count). The third-order valence-electron chi connectivity index (χ3n) is 3.20. The van der Waals surface area contributed by atoms with Crippen molar-refractivity contribution in [1.29, 1.82) is 0 Å². The van der Waals surface area contributed by atoms with Crippen LogP contribution in [0.4, 0.5) is 0 Å². The first kappa shape index (κ1) is 14.5. The third-order valence-corrected chi connectivity index (χ3v) is 3.20. The zero-order chi connectivity index (χ0) is 13.3. The highest BCUT2D eigenvalue weighted by Gasteiger charge is 2.15. The van der Waals surface area contributed by atoms with Gasteiger partial charge in [0.25, 0.3) is 0 Å². The molecule has 0 amide bonds. The van der Waals surface area contributed by atoms with Crippen LogP contribution in [0.5, 0.6) is 0 Å². The van der Waals surface area contributed by atoms with Crippen molar-refractivity contribution in [2.45, 2.75) is 31.7 Å². The number of aliphatic hydroxyl groups is 1. The minimum Gasteiger partial charge on any atom is -0.388 e. The molecule has 1 aromatic rings. The molecule has 0 saturated carbocycles. The lowest BCUT2D eigenvalue weighted by Crippen LogP contribution is -2.37. The van der Waals surface area contributed by atoms with Gasteiger partial charge in [0, 0.05) is 6.54 Å². The first-order valence-electron chi connectivity index (χ1n) is 6.96. The lowest BCUT2D eigenvalue weighted by molar-refractivity contribution is -0.0520. The summed E-state index contributed by atoms with van der Waals surface area (Å²) in [5, 5.41) is 13.1. The number of nitrogens with one attached hydrogen (secondary N) is 1. The Hall–Kier alpha value is -0.940. The topological polar surface area (TPSA) is 50.7 Å². The molecule has 0 aromatic heterocycles. The van der Waals surface area contributed by atoms with Crippen molar-refractivity contribution in [3.05, 3.63) is 35.9 Å². The molecule has 0 aliphatic carbocycles. The Morgan fingerprint density at radius 3 is 2.84 bits per heavy atom. The number of piperidine rings is 1. The van der Waals surface area contributed by atoms with Crippen molar-refractivity contribution in [3.63, 3.8) is 0 Å². The normalized spacial score (nSPS) is 21.2. The lowest BCUT2D eigenvalue weighted by Gasteiger charge is -2.24. The molecule has 19 heavy (non-hydrogen) atoms. The van der Waals surface area contributed by atoms with Crippen molar-refractivity contribution >= 4 is 0 Å². The van der Waals surface area contributed by atoms with E-state index in [0.29, 0.717) is 19.8 Å². The van der Waals surface area contributed by atoms with Gasteiger partial charge in [-0.1, -0.05) is 30.3 Å². The number of hydrogen-bond acceptors (Lipinski definition) is 4. The second-order valence-corrected chi connectivity index (χ2v) is 4.96. The Morgan fingerprint density at radius 1 is 1.26 bits per heavy atom. The molecule has 1 aliphatic rings. The number of aliphatic hydroxyl groups excluding tert-OH is 1. The second kappa shape index (κ2) is 8.27. The highest BCUT2D eigenvalue weighted by molar-refractivity contribution is 5.13. The maximum Gasteiger partial charge on any atom is 0.101 e. The summed E-state index contributed by atoms with van der Waals surface area (Å²) in [5.74, 6) is 0. The molecule has 2 atom stereocenters. The molecule has 106 valence electrons. The first-order chi connectivity index (χ1) is 9.34. The van der Waals surface area contributed by atoms with Gasteiger partial charge in [-0.05, 0) is 24.9 Å². The summed E-state index contributed by atoms with van der Waals surface area (Å²) >= 11 is 0. The molecule has 1 saturated heterocycles. The van der Waals surface area contributed by atoms with Crippen LogP contribution in [0.3, 0.4) is 0 Å². The first-order valence-corrected chi connectivity index (χ1v) is 6.96. The number of ether oxygens (including phenoxy) is 2. The van der Waals surface area contributed by atoms with Crippen LogP contribution in [-0.4, -0.2) is 43.6 Å². The maximum absolute atomic E-state index is 9.79. The average molecular weight is 265 g/mol. The fourth-order valence-electron chi connectivity index (χ4n) is 2.14. The molecule has 1 aliphatic heterocycles. The molecule has 1 fully saturated rings. The van der Waals surface area contributed by atoms with Crippen molar-refractivity contribution < 1.29 is 14.6 Å². The van der Waals surface area contributed by atoms with Gasteiger partial charge in [0.05, 0.1) is 25.9 Å². The van der Waals surface area contributed by atoms with Crippen molar-refractivity contribution in [1.82, 2.24) is 5.32 Å². The minimum absolute atomic E-state index is 0.234. The Morgan fingerprint density at radius 2 is 2.11 bits per heavy atom. The maximum atomic E-state index is 9.79. The molecule has 0 bridgehead atoms. The Kier molecular flexibility index (Phi) is 6.30. The summed E-state index contributed by atoms with van der Waals surface area (Å²) in [6, 6.07) is 9.96. The van der Waals surface area contributed by atoms with Crippen LogP contribution in [0.2, 0.25) is 0 Å². The van der Waals surface area contributed by atoms with Crippen LogP contribution < -0.4 is 5.32 Å². The molecule has 2 unspecified atom stereocenters. The van der Waals surface area contributed by atoms with Gasteiger partial charge in [-0.25, -0.2) is 0 Å². The van der Waals surface area contributed by atoms with E-state index < -0.39 is 6.10 Å². The van der Waals surface area contributed by atoms with Gasteiger partial charge in [-0.3, -0.25) is 0 Å². The number of benzene rings is 1. The van der Waals surface area contributed by atoms with Crippen LogP contribution in [0.1, 0.15) is 18.4 Å². The zero-order valence-corrected chi connectivity index (χ0v) is 11.3. The summed E-state index contributed by atoms with van der Waals surface area (Å²) in [6.45, 7) is 3.15. The smallest absolute Gasteiger partial charge is 0.101 e. The Labute approximate surface area is 114 Å². The van der Waals surface area contributed by atoms with Crippen molar-refractivity contribution in [2.24, 2.45) is 0 Å². The van der Waals surface area contributed by atoms with Gasteiger partial charge >= 0.3 is 0 Å². The van der Waals surface area contributed by atoms with Crippen molar-refractivity contribution in [3.8, 4) is 0 Å². The van der Waals surface area contributed by atoms with Crippen LogP contribution in [-0.2, 0) is 16.1 Å². The fourth-order valence-corrected chi connectivity index (χ4v) is 2.14. The van der Waals surface area contributed by atoms with E-state index in [1.165, 1.54) is 0 Å². The summed E-state index contributed by atoms with van der Waals surface area (Å²) in [6.07, 6.45) is 1.90. The van der Waals surface area contributed by atoms with E-state index in [-0.39, 0.29) is 6.10 Å². The van der Waals surface area contributed by atoms with Crippen LogP contribution in [0, 0.1) is 0 Å². The van der Waals surface area contributed by atoms with Crippen LogP contribution in [0.15, 0.2) is 30.3 Å². The molecule has 1 aromatic carbocycles. The van der Waals surface area contributed by atoms with Gasteiger partial charge in [-0.15, -0.1) is 0 Å². The molecule has 4 nitrogen and oxygen atoms in total. The lowest BCUT2D eigenvalue weighted by atomic mass is 10.1. The number of rotatable bonds is 7. The van der Waals surface area contributed by atoms with E-state index in [2.05, 4.69) is 5.32 Å². The predicted molar refractivity (Wildman–Crippen MR) is 73.9 cm³/mol. The monoisotopic (exact) mass is 265 g/mol. The van der Waals surface area contributed by atoms with E-state index in [9.17, 15) is 5.11 Å². The molecule has 0 radical (unpaired) electrons. The third kappa shape index (κ3) is 5.70. The van der Waals surface area contributed by atoms with E-state index in [4.69, 9.17) is 9.47 Å². The van der Waals surface area contributed by atoms with E-state index in [1.54, 1.807) is 0 Å². The standard InChI is InChI=1S/C15H23NO3/c17-14(12-19-15-7-4-8-16-9-15)11-18-10-13-5-2-1-3-6-13/h1-3,5-6,14-17H,4,7-12H2. The molecule has 1 heterocycles. The number of hydrogen-bond donors (Lipinski definition) is 2. The molecule has 2 N–H and O–H groups in total. The minimum atomic E-state index is -0.550. The van der Waals surface area contributed by atoms with Crippen molar-refractivity contribution in [2.75, 3.05) is 26.3 Å². The average Bonchev–Trinajstić information content (AvgIpc) is 2.47. The largest absolute Gasteiger partial charge is 0.388 e. The Bertz CT molecular complexity index is 339. The second-order valence-electron chi connectivity index (χ2n) is 4.96. The fraction of sp³-hybridized carbons (Fsp3) is 0.600. The zero-order valence-electron chi connectivity index (χ0n) is 11.3. The SMILES string of the molecule is OC(COCc1ccccc1)COC1CCCNC1. The summed E-state index contributed by atoms with van der Waals surface area (Å²) < 4.78 is 11.1. The molecule has 4 heteroatoms. The molecular formula is C15H23NO3. The van der Waals surface area contributed by atoms with Crippen LogP contribution >= 0.6 is 0 Å². The summed E-state index contributed by atoms with van der Waals surface area (Å²) in [5.41, 5.74) is 1.12. The molecule has 0 spiro atoms. The summed E-state index contributed by atoms with van der Waals surface area (Å²) in [4.78, 5) is 0. The van der Waals surface area contributed by atoms with E-state index >= 15 is 0 Å². The quantitative estimate of drug-likeness (QED) is 0.781. The van der Waals surface area contributed by atoms with Gasteiger partial charge < -0.3 is 19.9 Å².